The van der Waals surface area contributed by atoms with E-state index in [9.17, 15) is 0 Å². The number of rotatable bonds is 2. The Morgan fingerprint density at radius 2 is 2.13 bits per heavy atom. The SMILES string of the molecule is Cc1nn(CC(C)N)c2c(C)cccc12. The molecule has 1 atom stereocenters. The van der Waals surface area contributed by atoms with Gasteiger partial charge in [0.25, 0.3) is 0 Å². The molecular weight excluding hydrogens is 186 g/mol. The molecule has 3 heteroatoms. The van der Waals surface area contributed by atoms with Crippen molar-refractivity contribution in [3.8, 4) is 0 Å². The number of benzene rings is 1. The number of para-hydroxylation sites is 1. The van der Waals surface area contributed by atoms with E-state index in [1.807, 2.05) is 18.5 Å². The highest BCUT2D eigenvalue weighted by atomic mass is 15.3. The van der Waals surface area contributed by atoms with Crippen LogP contribution in [0.5, 0.6) is 0 Å². The summed E-state index contributed by atoms with van der Waals surface area (Å²) in [4.78, 5) is 0. The number of fused-ring (bicyclic) bond motifs is 1. The minimum Gasteiger partial charge on any atom is -0.326 e. The zero-order chi connectivity index (χ0) is 11.0. The van der Waals surface area contributed by atoms with E-state index in [4.69, 9.17) is 5.73 Å². The normalized spacial score (nSPS) is 13.3. The largest absolute Gasteiger partial charge is 0.326 e. The average molecular weight is 203 g/mol. The van der Waals surface area contributed by atoms with Crippen LogP contribution in [0.1, 0.15) is 18.2 Å². The monoisotopic (exact) mass is 203 g/mol. The van der Waals surface area contributed by atoms with Crippen molar-refractivity contribution >= 4 is 10.9 Å². The Labute approximate surface area is 89.9 Å². The first-order valence-electron chi connectivity index (χ1n) is 5.28. The molecule has 0 radical (unpaired) electrons. The standard InChI is InChI=1S/C12H17N3/c1-8-5-4-6-11-10(3)14-15(12(8)11)7-9(2)13/h4-6,9H,7,13H2,1-3H3. The van der Waals surface area contributed by atoms with Gasteiger partial charge in [-0.2, -0.15) is 5.10 Å². The maximum absolute atomic E-state index is 5.81. The van der Waals surface area contributed by atoms with Crippen molar-refractivity contribution in [1.82, 2.24) is 9.78 Å². The molecule has 1 aromatic carbocycles. The Morgan fingerprint density at radius 3 is 2.80 bits per heavy atom. The topological polar surface area (TPSA) is 43.8 Å². The fourth-order valence-corrected chi connectivity index (χ4v) is 1.98. The summed E-state index contributed by atoms with van der Waals surface area (Å²) in [5, 5.41) is 5.76. The van der Waals surface area contributed by atoms with Crippen molar-refractivity contribution < 1.29 is 0 Å². The van der Waals surface area contributed by atoms with Gasteiger partial charge in [0.15, 0.2) is 0 Å². The highest BCUT2D eigenvalue weighted by Crippen LogP contribution is 2.21. The fourth-order valence-electron chi connectivity index (χ4n) is 1.98. The lowest BCUT2D eigenvalue weighted by Crippen LogP contribution is -2.22. The minimum absolute atomic E-state index is 0.132. The lowest BCUT2D eigenvalue weighted by molar-refractivity contribution is 0.549. The van der Waals surface area contributed by atoms with Crippen LogP contribution in [0.4, 0.5) is 0 Å². The second-order valence-electron chi connectivity index (χ2n) is 4.22. The number of nitrogens with two attached hydrogens (primary N) is 1. The first kappa shape index (κ1) is 10.2. The molecule has 0 fully saturated rings. The van der Waals surface area contributed by atoms with Crippen LogP contribution in [0, 0.1) is 13.8 Å². The molecule has 15 heavy (non-hydrogen) atoms. The molecule has 0 aliphatic carbocycles. The maximum Gasteiger partial charge on any atom is 0.0715 e. The third-order valence-electron chi connectivity index (χ3n) is 2.62. The molecule has 3 nitrogen and oxygen atoms in total. The molecule has 1 aromatic heterocycles. The van der Waals surface area contributed by atoms with Crippen LogP contribution in [0.2, 0.25) is 0 Å². The van der Waals surface area contributed by atoms with Gasteiger partial charge in [-0.15, -0.1) is 0 Å². The number of hydrogen-bond donors (Lipinski definition) is 1. The van der Waals surface area contributed by atoms with Gasteiger partial charge in [0.1, 0.15) is 0 Å². The summed E-state index contributed by atoms with van der Waals surface area (Å²) in [5.41, 5.74) is 9.37. The summed E-state index contributed by atoms with van der Waals surface area (Å²) in [6, 6.07) is 6.43. The summed E-state index contributed by atoms with van der Waals surface area (Å²) >= 11 is 0. The van der Waals surface area contributed by atoms with Gasteiger partial charge in [-0.3, -0.25) is 4.68 Å². The minimum atomic E-state index is 0.132. The molecule has 0 saturated heterocycles. The molecule has 0 aliphatic rings. The predicted molar refractivity (Wildman–Crippen MR) is 62.9 cm³/mol. The van der Waals surface area contributed by atoms with E-state index in [0.29, 0.717) is 0 Å². The summed E-state index contributed by atoms with van der Waals surface area (Å²) in [6.45, 7) is 6.93. The highest BCUT2D eigenvalue weighted by molar-refractivity contribution is 5.84. The van der Waals surface area contributed by atoms with Crippen molar-refractivity contribution in [3.63, 3.8) is 0 Å². The Morgan fingerprint density at radius 1 is 1.40 bits per heavy atom. The summed E-state index contributed by atoms with van der Waals surface area (Å²) in [5.74, 6) is 0. The van der Waals surface area contributed by atoms with E-state index in [0.717, 1.165) is 12.2 Å². The van der Waals surface area contributed by atoms with E-state index in [-0.39, 0.29) is 6.04 Å². The quantitative estimate of drug-likeness (QED) is 0.811. The molecule has 1 unspecified atom stereocenters. The van der Waals surface area contributed by atoms with E-state index < -0.39 is 0 Å². The zero-order valence-corrected chi connectivity index (χ0v) is 9.49. The van der Waals surface area contributed by atoms with E-state index >= 15 is 0 Å². The summed E-state index contributed by atoms with van der Waals surface area (Å²) in [7, 11) is 0. The Balaban J connectivity index is 2.65. The summed E-state index contributed by atoms with van der Waals surface area (Å²) < 4.78 is 2.02. The number of hydrogen-bond acceptors (Lipinski definition) is 2. The third-order valence-corrected chi connectivity index (χ3v) is 2.62. The Kier molecular flexibility index (Phi) is 2.49. The van der Waals surface area contributed by atoms with Gasteiger partial charge in [0.2, 0.25) is 0 Å². The van der Waals surface area contributed by atoms with E-state index in [1.165, 1.54) is 16.5 Å². The van der Waals surface area contributed by atoms with Gasteiger partial charge in [-0.25, -0.2) is 0 Å². The molecule has 0 aliphatic heterocycles. The van der Waals surface area contributed by atoms with Crippen LogP contribution in [-0.4, -0.2) is 15.8 Å². The van der Waals surface area contributed by atoms with Crippen LogP contribution < -0.4 is 5.73 Å². The Hall–Kier alpha value is -1.35. The third kappa shape index (κ3) is 1.75. The van der Waals surface area contributed by atoms with E-state index in [1.54, 1.807) is 0 Å². The first-order chi connectivity index (χ1) is 7.09. The van der Waals surface area contributed by atoms with Gasteiger partial charge in [0, 0.05) is 11.4 Å². The molecular formula is C12H17N3. The molecule has 0 spiro atoms. The number of aryl methyl sites for hydroxylation is 2. The summed E-state index contributed by atoms with van der Waals surface area (Å²) in [6.07, 6.45) is 0. The first-order valence-corrected chi connectivity index (χ1v) is 5.28. The van der Waals surface area contributed by atoms with Crippen molar-refractivity contribution in [2.24, 2.45) is 5.73 Å². The van der Waals surface area contributed by atoms with Crippen molar-refractivity contribution in [1.29, 1.82) is 0 Å². The second-order valence-corrected chi connectivity index (χ2v) is 4.22. The van der Waals surface area contributed by atoms with Crippen molar-refractivity contribution in [2.75, 3.05) is 0 Å². The number of nitrogens with zero attached hydrogens (tertiary/aromatic N) is 2. The molecule has 0 bridgehead atoms. The van der Waals surface area contributed by atoms with Crippen LogP contribution in [-0.2, 0) is 6.54 Å². The average Bonchev–Trinajstić information content (AvgIpc) is 2.44. The van der Waals surface area contributed by atoms with Gasteiger partial charge >= 0.3 is 0 Å². The lowest BCUT2D eigenvalue weighted by Gasteiger charge is -2.07. The number of aromatic nitrogens is 2. The second kappa shape index (κ2) is 3.66. The van der Waals surface area contributed by atoms with Gasteiger partial charge in [-0.1, -0.05) is 18.2 Å². The van der Waals surface area contributed by atoms with Crippen LogP contribution in [0.3, 0.4) is 0 Å². The van der Waals surface area contributed by atoms with Gasteiger partial charge < -0.3 is 5.73 Å². The van der Waals surface area contributed by atoms with Crippen LogP contribution >= 0.6 is 0 Å². The van der Waals surface area contributed by atoms with Crippen molar-refractivity contribution in [3.05, 3.63) is 29.5 Å². The Bertz CT molecular complexity index is 483. The van der Waals surface area contributed by atoms with Crippen LogP contribution in [0.15, 0.2) is 18.2 Å². The maximum atomic E-state index is 5.81. The van der Waals surface area contributed by atoms with Gasteiger partial charge in [-0.05, 0) is 26.3 Å². The van der Waals surface area contributed by atoms with E-state index in [2.05, 4.69) is 30.2 Å². The molecule has 2 aromatic rings. The lowest BCUT2D eigenvalue weighted by atomic mass is 10.1. The highest BCUT2D eigenvalue weighted by Gasteiger charge is 2.09. The molecule has 2 N–H and O–H groups in total. The zero-order valence-electron chi connectivity index (χ0n) is 9.49. The predicted octanol–water partition coefficient (Wildman–Crippen LogP) is 2.00. The smallest absolute Gasteiger partial charge is 0.0715 e. The van der Waals surface area contributed by atoms with Crippen LogP contribution in [0.25, 0.3) is 10.9 Å². The van der Waals surface area contributed by atoms with Crippen molar-refractivity contribution in [2.45, 2.75) is 33.4 Å². The van der Waals surface area contributed by atoms with Gasteiger partial charge in [0.05, 0.1) is 17.8 Å². The molecule has 80 valence electrons. The molecule has 0 saturated carbocycles. The fraction of sp³-hybridized carbons (Fsp3) is 0.417. The molecule has 2 rings (SSSR count). The molecule has 0 amide bonds. The molecule has 1 heterocycles.